The Labute approximate surface area is 167 Å². The molecule has 1 amide bonds. The number of aliphatic hydroxyl groups excluding tert-OH is 1. The zero-order chi connectivity index (χ0) is 20.2. The number of rotatable bonds is 6. The van der Waals surface area contributed by atoms with E-state index in [1.54, 1.807) is 18.3 Å². The van der Waals surface area contributed by atoms with Crippen LogP contribution in [0.15, 0.2) is 54.7 Å². The molecule has 1 saturated heterocycles. The highest BCUT2D eigenvalue weighted by Crippen LogP contribution is 2.36. The fourth-order valence-corrected chi connectivity index (χ4v) is 3.58. The molecule has 0 aliphatic carbocycles. The first kappa shape index (κ1) is 19.0. The molecule has 7 nitrogen and oxygen atoms in total. The second-order valence-electron chi connectivity index (χ2n) is 6.85. The number of carbonyl (C=O) groups excluding carboxylic acids is 1. The van der Waals surface area contributed by atoms with E-state index in [0.29, 0.717) is 18.8 Å². The fourth-order valence-electron chi connectivity index (χ4n) is 3.58. The molecule has 3 atom stereocenters. The van der Waals surface area contributed by atoms with Gasteiger partial charge in [0.2, 0.25) is 0 Å². The molecule has 2 aromatic carbocycles. The van der Waals surface area contributed by atoms with Crippen LogP contribution in [0.1, 0.15) is 29.8 Å². The highest BCUT2D eigenvalue weighted by atomic mass is 16.5. The summed E-state index contributed by atoms with van der Waals surface area (Å²) in [4.78, 5) is 15.8. The van der Waals surface area contributed by atoms with Gasteiger partial charge >= 0.3 is 0 Å². The van der Waals surface area contributed by atoms with Gasteiger partial charge in [0, 0.05) is 22.7 Å². The lowest BCUT2D eigenvalue weighted by atomic mass is 9.97. The lowest BCUT2D eigenvalue weighted by molar-refractivity contribution is -0.152. The summed E-state index contributed by atoms with van der Waals surface area (Å²) in [6, 6.07) is 16.5. The first-order chi connectivity index (χ1) is 14.2. The van der Waals surface area contributed by atoms with Gasteiger partial charge in [0.05, 0.1) is 25.1 Å². The Kier molecular flexibility index (Phi) is 5.47. The summed E-state index contributed by atoms with van der Waals surface area (Å²) in [6.07, 6.45) is 0.811. The smallest absolute Gasteiger partial charge is 0.254 e. The van der Waals surface area contributed by atoms with Gasteiger partial charge in [0.15, 0.2) is 6.10 Å². The molecule has 0 bridgehead atoms. The first-order valence-corrected chi connectivity index (χ1v) is 9.43. The lowest BCUT2D eigenvalue weighted by Crippen LogP contribution is -2.50. The van der Waals surface area contributed by atoms with Gasteiger partial charge in [0.1, 0.15) is 18.5 Å². The molecule has 0 saturated carbocycles. The van der Waals surface area contributed by atoms with Crippen molar-refractivity contribution in [1.82, 2.24) is 10.3 Å². The predicted octanol–water partition coefficient (Wildman–Crippen LogP) is 2.75. The van der Waals surface area contributed by atoms with E-state index >= 15 is 0 Å². The van der Waals surface area contributed by atoms with Crippen molar-refractivity contribution < 1.29 is 19.4 Å². The van der Waals surface area contributed by atoms with Crippen molar-refractivity contribution in [3.63, 3.8) is 0 Å². The van der Waals surface area contributed by atoms with Gasteiger partial charge < -0.3 is 24.9 Å². The van der Waals surface area contributed by atoms with Crippen molar-refractivity contribution in [1.29, 1.82) is 5.26 Å². The molecule has 1 aromatic heterocycles. The number of nitrogens with one attached hydrogen (secondary N) is 2. The Hall–Kier alpha value is -3.34. The van der Waals surface area contributed by atoms with Crippen LogP contribution in [0.5, 0.6) is 5.75 Å². The van der Waals surface area contributed by atoms with Crippen molar-refractivity contribution in [3.05, 3.63) is 65.9 Å². The maximum absolute atomic E-state index is 12.7. The van der Waals surface area contributed by atoms with E-state index in [2.05, 4.69) is 10.3 Å². The van der Waals surface area contributed by atoms with Gasteiger partial charge in [-0.1, -0.05) is 30.3 Å². The third-order valence-corrected chi connectivity index (χ3v) is 5.01. The quantitative estimate of drug-likeness (QED) is 0.560. The van der Waals surface area contributed by atoms with Crippen LogP contribution in [-0.4, -0.2) is 35.3 Å². The minimum Gasteiger partial charge on any atom is -0.493 e. The van der Waals surface area contributed by atoms with Crippen LogP contribution in [0.3, 0.4) is 0 Å². The Bertz CT molecular complexity index is 1040. The van der Waals surface area contributed by atoms with Crippen LogP contribution in [-0.2, 0) is 9.53 Å². The normalized spacial score (nSPS) is 21.5. The van der Waals surface area contributed by atoms with E-state index in [4.69, 9.17) is 14.7 Å². The van der Waals surface area contributed by atoms with Crippen LogP contribution in [0.2, 0.25) is 0 Å². The molecule has 0 radical (unpaired) electrons. The number of aromatic amines is 1. The summed E-state index contributed by atoms with van der Waals surface area (Å²) >= 11 is 0. The zero-order valence-electron chi connectivity index (χ0n) is 15.7. The summed E-state index contributed by atoms with van der Waals surface area (Å²) < 4.78 is 11.7. The van der Waals surface area contributed by atoms with Crippen LogP contribution in [0.4, 0.5) is 0 Å². The molecule has 1 aliphatic heterocycles. The number of nitrogens with zero attached hydrogens (tertiary/aromatic N) is 1. The molecule has 3 N–H and O–H groups in total. The molecule has 0 spiro atoms. The lowest BCUT2D eigenvalue weighted by Gasteiger charge is -2.36. The number of aromatic nitrogens is 1. The van der Waals surface area contributed by atoms with Crippen molar-refractivity contribution in [2.24, 2.45) is 0 Å². The fraction of sp³-hybridized carbons (Fsp3) is 0.273. The Morgan fingerprint density at radius 2 is 1.97 bits per heavy atom. The number of H-pyrrole nitrogens is 1. The minimum atomic E-state index is -0.787. The first-order valence-electron chi connectivity index (χ1n) is 9.43. The molecule has 3 aromatic rings. The van der Waals surface area contributed by atoms with Crippen LogP contribution < -0.4 is 10.1 Å². The van der Waals surface area contributed by atoms with Gasteiger partial charge in [-0.3, -0.25) is 4.79 Å². The van der Waals surface area contributed by atoms with Gasteiger partial charge in [-0.2, -0.15) is 5.26 Å². The Morgan fingerprint density at radius 3 is 2.72 bits per heavy atom. The summed E-state index contributed by atoms with van der Waals surface area (Å²) in [5.74, 6) is 0.374. The number of benzene rings is 2. The van der Waals surface area contributed by atoms with Crippen molar-refractivity contribution >= 4 is 16.8 Å². The van der Waals surface area contributed by atoms with Crippen molar-refractivity contribution in [2.75, 3.05) is 13.2 Å². The van der Waals surface area contributed by atoms with Crippen LogP contribution in [0.25, 0.3) is 10.9 Å². The highest BCUT2D eigenvalue weighted by molar-refractivity contribution is 5.91. The zero-order valence-corrected chi connectivity index (χ0v) is 15.7. The number of fused-ring (bicyclic) bond motifs is 1. The summed E-state index contributed by atoms with van der Waals surface area (Å²) in [5, 5.41) is 22.2. The molecule has 7 heteroatoms. The van der Waals surface area contributed by atoms with E-state index in [9.17, 15) is 9.90 Å². The molecule has 4 rings (SSSR count). The van der Waals surface area contributed by atoms with Crippen LogP contribution >= 0.6 is 0 Å². The topological polar surface area (TPSA) is 107 Å². The predicted molar refractivity (Wildman–Crippen MR) is 106 cm³/mol. The van der Waals surface area contributed by atoms with E-state index in [-0.39, 0.29) is 12.5 Å². The van der Waals surface area contributed by atoms with Gasteiger partial charge in [0.25, 0.3) is 5.91 Å². The molecule has 2 heterocycles. The number of ether oxygens (including phenoxy) is 2. The third-order valence-electron chi connectivity index (χ3n) is 5.01. The molecule has 148 valence electrons. The Morgan fingerprint density at radius 1 is 1.17 bits per heavy atom. The van der Waals surface area contributed by atoms with Gasteiger partial charge in [-0.15, -0.1) is 0 Å². The summed E-state index contributed by atoms with van der Waals surface area (Å²) in [5.41, 5.74) is 2.51. The number of nitriles is 1. The van der Waals surface area contributed by atoms with Crippen molar-refractivity contribution in [3.8, 4) is 11.8 Å². The molecular formula is C22H21N3O4. The summed E-state index contributed by atoms with van der Waals surface area (Å²) in [6.45, 7) is 0.0885. The average Bonchev–Trinajstić information content (AvgIpc) is 3.18. The molecule has 1 aliphatic rings. The Balaban J connectivity index is 1.59. The van der Waals surface area contributed by atoms with E-state index in [1.165, 1.54) is 0 Å². The number of hydrogen-bond donors (Lipinski definition) is 3. The second-order valence-corrected chi connectivity index (χ2v) is 6.85. The number of morpholine rings is 1. The molecule has 29 heavy (non-hydrogen) atoms. The van der Waals surface area contributed by atoms with E-state index in [0.717, 1.165) is 22.0 Å². The highest BCUT2D eigenvalue weighted by Gasteiger charge is 2.38. The van der Waals surface area contributed by atoms with Crippen molar-refractivity contribution in [2.45, 2.75) is 24.7 Å². The number of aliphatic hydroxyl groups is 1. The molecule has 0 unspecified atom stereocenters. The monoisotopic (exact) mass is 391 g/mol. The van der Waals surface area contributed by atoms with E-state index in [1.807, 2.05) is 42.5 Å². The van der Waals surface area contributed by atoms with Gasteiger partial charge in [-0.05, 0) is 23.8 Å². The third kappa shape index (κ3) is 3.81. The molecular weight excluding hydrogens is 370 g/mol. The van der Waals surface area contributed by atoms with Gasteiger partial charge in [-0.25, -0.2) is 0 Å². The SMILES string of the molecule is N#CCCOc1ccc([C@H]2O[C@H](c3c[nH]c4ccccc34)C(=O)N[C@@H]2CO)cc1. The standard InChI is InChI=1S/C22H21N3O4/c23-10-3-11-28-15-8-6-14(7-9-15)20-19(13-26)25-22(27)21(29-20)17-12-24-18-5-2-1-4-16(17)18/h1-2,4-9,12,19-21,24,26H,3,11,13H2,(H,25,27)/t19-,20-,21-/m1/s1. The van der Waals surface area contributed by atoms with E-state index < -0.39 is 18.2 Å². The molecule has 1 fully saturated rings. The van der Waals surface area contributed by atoms with Crippen LogP contribution in [0, 0.1) is 11.3 Å². The number of amides is 1. The summed E-state index contributed by atoms with van der Waals surface area (Å²) in [7, 11) is 0. The minimum absolute atomic E-state index is 0.239. The maximum atomic E-state index is 12.7. The maximum Gasteiger partial charge on any atom is 0.254 e. The number of para-hydroxylation sites is 1. The number of carbonyl (C=O) groups is 1. The number of hydrogen-bond acceptors (Lipinski definition) is 5. The second kappa shape index (κ2) is 8.35. The average molecular weight is 391 g/mol. The largest absolute Gasteiger partial charge is 0.493 e.